The highest BCUT2D eigenvalue weighted by Gasteiger charge is 2.11. The molecule has 0 fully saturated rings. The number of benzene rings is 2. The zero-order valence-corrected chi connectivity index (χ0v) is 12.7. The van der Waals surface area contributed by atoms with Gasteiger partial charge in [-0.2, -0.15) is 0 Å². The van der Waals surface area contributed by atoms with E-state index < -0.39 is 0 Å². The molecule has 0 spiro atoms. The quantitative estimate of drug-likeness (QED) is 0.830. The van der Waals surface area contributed by atoms with Crippen molar-refractivity contribution in [3.63, 3.8) is 0 Å². The summed E-state index contributed by atoms with van der Waals surface area (Å²) < 4.78 is 10.2. The van der Waals surface area contributed by atoms with E-state index in [4.69, 9.17) is 4.74 Å². The van der Waals surface area contributed by atoms with Gasteiger partial charge in [0, 0.05) is 18.2 Å². The molecule has 0 heterocycles. The van der Waals surface area contributed by atoms with E-state index in [1.54, 1.807) is 0 Å². The Hall–Kier alpha value is -2.07. The van der Waals surface area contributed by atoms with Crippen LogP contribution in [0.4, 0.5) is 0 Å². The standard InChI is InChI=1S/C17H21NO3/c1-12(2)18-10-15-14-7-5-4-6-13(14)8-9-16(15)21-11-17(19)20-3/h4-9,12,18H,10-11H2,1-3H3. The first-order valence-electron chi connectivity index (χ1n) is 7.05. The minimum absolute atomic E-state index is 0.0798. The predicted octanol–water partition coefficient (Wildman–Crippen LogP) is 2.89. The molecule has 2 aromatic carbocycles. The Bertz CT molecular complexity index is 622. The minimum Gasteiger partial charge on any atom is -0.482 e. The topological polar surface area (TPSA) is 47.6 Å². The van der Waals surface area contributed by atoms with E-state index in [0.717, 1.165) is 16.3 Å². The van der Waals surface area contributed by atoms with Crippen LogP contribution in [0.25, 0.3) is 10.8 Å². The molecule has 0 aliphatic heterocycles. The number of esters is 1. The molecular weight excluding hydrogens is 266 g/mol. The van der Waals surface area contributed by atoms with Crippen LogP contribution in [0.3, 0.4) is 0 Å². The normalized spacial score (nSPS) is 10.9. The van der Waals surface area contributed by atoms with Crippen LogP contribution in [0.15, 0.2) is 36.4 Å². The van der Waals surface area contributed by atoms with Crippen LogP contribution >= 0.6 is 0 Å². The number of ether oxygens (including phenoxy) is 2. The molecule has 0 unspecified atom stereocenters. The lowest BCUT2D eigenvalue weighted by molar-refractivity contribution is -0.142. The SMILES string of the molecule is COC(=O)COc1ccc2ccccc2c1CNC(C)C. The second-order valence-corrected chi connectivity index (χ2v) is 5.16. The van der Waals surface area contributed by atoms with Gasteiger partial charge in [0.1, 0.15) is 5.75 Å². The van der Waals surface area contributed by atoms with Crippen LogP contribution in [-0.2, 0) is 16.1 Å². The molecule has 0 amide bonds. The van der Waals surface area contributed by atoms with Crippen molar-refractivity contribution >= 4 is 16.7 Å². The summed E-state index contributed by atoms with van der Waals surface area (Å²) in [5.41, 5.74) is 1.06. The van der Waals surface area contributed by atoms with Crippen molar-refractivity contribution in [2.45, 2.75) is 26.4 Å². The molecule has 2 aromatic rings. The van der Waals surface area contributed by atoms with Crippen LogP contribution in [0, 0.1) is 0 Å². The van der Waals surface area contributed by atoms with Crippen LogP contribution in [0.2, 0.25) is 0 Å². The number of rotatable bonds is 6. The zero-order valence-electron chi connectivity index (χ0n) is 12.7. The third-order valence-electron chi connectivity index (χ3n) is 3.26. The average Bonchev–Trinajstić information content (AvgIpc) is 2.50. The highest BCUT2D eigenvalue weighted by Crippen LogP contribution is 2.28. The van der Waals surface area contributed by atoms with Crippen molar-refractivity contribution in [2.24, 2.45) is 0 Å². The lowest BCUT2D eigenvalue weighted by atomic mass is 10.0. The van der Waals surface area contributed by atoms with Gasteiger partial charge in [-0.15, -0.1) is 0 Å². The molecule has 21 heavy (non-hydrogen) atoms. The van der Waals surface area contributed by atoms with Gasteiger partial charge >= 0.3 is 5.97 Å². The molecule has 0 aliphatic carbocycles. The first kappa shape index (κ1) is 15.3. The molecule has 0 saturated heterocycles. The fourth-order valence-corrected chi connectivity index (χ4v) is 2.14. The van der Waals surface area contributed by atoms with Crippen LogP contribution in [0.5, 0.6) is 5.75 Å². The highest BCUT2D eigenvalue weighted by molar-refractivity contribution is 5.87. The first-order chi connectivity index (χ1) is 10.1. The van der Waals surface area contributed by atoms with Crippen LogP contribution < -0.4 is 10.1 Å². The van der Waals surface area contributed by atoms with Crippen molar-refractivity contribution < 1.29 is 14.3 Å². The summed E-state index contributed by atoms with van der Waals surface area (Å²) in [7, 11) is 1.35. The highest BCUT2D eigenvalue weighted by atomic mass is 16.6. The van der Waals surface area contributed by atoms with E-state index >= 15 is 0 Å². The van der Waals surface area contributed by atoms with Gasteiger partial charge in [0.2, 0.25) is 0 Å². The van der Waals surface area contributed by atoms with Gasteiger partial charge in [-0.05, 0) is 16.8 Å². The molecule has 2 rings (SSSR count). The van der Waals surface area contributed by atoms with E-state index in [-0.39, 0.29) is 12.6 Å². The van der Waals surface area contributed by atoms with E-state index in [0.29, 0.717) is 18.3 Å². The van der Waals surface area contributed by atoms with Gasteiger partial charge in [-0.3, -0.25) is 0 Å². The molecular formula is C17H21NO3. The summed E-state index contributed by atoms with van der Waals surface area (Å²) in [6.45, 7) is 4.80. The number of fused-ring (bicyclic) bond motifs is 1. The van der Waals surface area contributed by atoms with E-state index in [1.165, 1.54) is 7.11 Å². The van der Waals surface area contributed by atoms with Crippen molar-refractivity contribution in [3.8, 4) is 5.75 Å². The monoisotopic (exact) mass is 287 g/mol. The van der Waals surface area contributed by atoms with Crippen molar-refractivity contribution in [1.29, 1.82) is 0 Å². The van der Waals surface area contributed by atoms with Gasteiger partial charge in [0.25, 0.3) is 0 Å². The number of hydrogen-bond donors (Lipinski definition) is 1. The maximum absolute atomic E-state index is 11.3. The van der Waals surface area contributed by atoms with Crippen molar-refractivity contribution in [3.05, 3.63) is 42.0 Å². The molecule has 0 bridgehead atoms. The number of carbonyl (C=O) groups excluding carboxylic acids is 1. The van der Waals surface area contributed by atoms with Gasteiger partial charge in [0.15, 0.2) is 6.61 Å². The Balaban J connectivity index is 2.33. The second kappa shape index (κ2) is 7.09. The number of nitrogens with one attached hydrogen (secondary N) is 1. The van der Waals surface area contributed by atoms with Gasteiger partial charge < -0.3 is 14.8 Å². The summed E-state index contributed by atoms with van der Waals surface area (Å²) in [4.78, 5) is 11.3. The van der Waals surface area contributed by atoms with Gasteiger partial charge in [0.05, 0.1) is 7.11 Å². The summed E-state index contributed by atoms with van der Waals surface area (Å²) in [6.07, 6.45) is 0. The number of carbonyl (C=O) groups is 1. The molecule has 0 radical (unpaired) electrons. The van der Waals surface area contributed by atoms with E-state index in [2.05, 4.69) is 36.0 Å². The summed E-state index contributed by atoms with van der Waals surface area (Å²) in [5.74, 6) is 0.332. The summed E-state index contributed by atoms with van der Waals surface area (Å²) in [6, 6.07) is 12.4. The zero-order chi connectivity index (χ0) is 15.2. The van der Waals surface area contributed by atoms with Crippen LogP contribution in [0.1, 0.15) is 19.4 Å². The molecule has 0 saturated carbocycles. The average molecular weight is 287 g/mol. The number of hydrogen-bond acceptors (Lipinski definition) is 4. The molecule has 1 N–H and O–H groups in total. The molecule has 0 aliphatic rings. The molecule has 0 aromatic heterocycles. The summed E-state index contributed by atoms with van der Waals surface area (Å²) >= 11 is 0. The number of methoxy groups -OCH3 is 1. The molecule has 112 valence electrons. The van der Waals surface area contributed by atoms with E-state index in [1.807, 2.05) is 24.3 Å². The third-order valence-corrected chi connectivity index (χ3v) is 3.26. The fraction of sp³-hybridized carbons (Fsp3) is 0.353. The second-order valence-electron chi connectivity index (χ2n) is 5.16. The maximum Gasteiger partial charge on any atom is 0.343 e. The molecule has 4 nitrogen and oxygen atoms in total. The molecule has 0 atom stereocenters. The Morgan fingerprint density at radius 2 is 1.95 bits per heavy atom. The Morgan fingerprint density at radius 3 is 2.67 bits per heavy atom. The Kier molecular flexibility index (Phi) is 5.17. The van der Waals surface area contributed by atoms with Gasteiger partial charge in [-0.25, -0.2) is 4.79 Å². The van der Waals surface area contributed by atoms with Gasteiger partial charge in [-0.1, -0.05) is 44.2 Å². The third kappa shape index (κ3) is 3.95. The first-order valence-corrected chi connectivity index (χ1v) is 7.05. The minimum atomic E-state index is -0.383. The fourth-order valence-electron chi connectivity index (χ4n) is 2.14. The Labute approximate surface area is 125 Å². The maximum atomic E-state index is 11.3. The smallest absolute Gasteiger partial charge is 0.343 e. The van der Waals surface area contributed by atoms with Crippen molar-refractivity contribution in [2.75, 3.05) is 13.7 Å². The van der Waals surface area contributed by atoms with E-state index in [9.17, 15) is 4.79 Å². The molecule has 4 heteroatoms. The summed E-state index contributed by atoms with van der Waals surface area (Å²) in [5, 5.41) is 5.69. The lowest BCUT2D eigenvalue weighted by Gasteiger charge is -2.16. The lowest BCUT2D eigenvalue weighted by Crippen LogP contribution is -2.23. The largest absolute Gasteiger partial charge is 0.482 e. The van der Waals surface area contributed by atoms with Crippen LogP contribution in [-0.4, -0.2) is 25.7 Å². The predicted molar refractivity (Wildman–Crippen MR) is 83.4 cm³/mol. The Morgan fingerprint density at radius 1 is 1.19 bits per heavy atom. The van der Waals surface area contributed by atoms with Crippen molar-refractivity contribution in [1.82, 2.24) is 5.32 Å².